The monoisotopic (exact) mass is 164 g/mol. The number of hydrogen-bond acceptors (Lipinski definition) is 2. The number of rotatable bonds is 0. The van der Waals surface area contributed by atoms with Gasteiger partial charge in [-0.15, -0.1) is 0 Å². The fraction of sp³-hybridized carbons (Fsp3) is 1.00. The minimum absolute atomic E-state index is 0.340. The molecule has 1 rings (SSSR count). The van der Waals surface area contributed by atoms with Crippen molar-refractivity contribution in [3.05, 3.63) is 0 Å². The van der Waals surface area contributed by atoms with Crippen LogP contribution in [0.1, 0.15) is 25.7 Å². The van der Waals surface area contributed by atoms with Crippen molar-refractivity contribution in [2.45, 2.75) is 25.7 Å². The summed E-state index contributed by atoms with van der Waals surface area (Å²) in [6.45, 7) is 0.452. The van der Waals surface area contributed by atoms with Crippen molar-refractivity contribution in [3.63, 3.8) is 0 Å². The van der Waals surface area contributed by atoms with Gasteiger partial charge in [0, 0.05) is 6.16 Å². The lowest BCUT2D eigenvalue weighted by Gasteiger charge is -2.14. The summed E-state index contributed by atoms with van der Waals surface area (Å²) >= 11 is 0. The van der Waals surface area contributed by atoms with Gasteiger partial charge in [-0.05, 0) is 12.8 Å². The van der Waals surface area contributed by atoms with E-state index < -0.39 is 7.60 Å². The fourth-order valence-electron chi connectivity index (χ4n) is 1.04. The first-order chi connectivity index (χ1) is 4.71. The largest absolute Gasteiger partial charge is 0.328 e. The normalized spacial score (nSPS) is 36.5. The maximum atomic E-state index is 10.9. The second kappa shape index (κ2) is 3.51. The molecule has 1 heterocycles. The van der Waals surface area contributed by atoms with Crippen LogP contribution < -0.4 is 0 Å². The van der Waals surface area contributed by atoms with Gasteiger partial charge < -0.3 is 9.42 Å². The second-order valence-electron chi connectivity index (χ2n) is 2.61. The van der Waals surface area contributed by atoms with Gasteiger partial charge in [0.1, 0.15) is 0 Å². The summed E-state index contributed by atoms with van der Waals surface area (Å²) in [5.74, 6) is 0. The zero-order valence-electron chi connectivity index (χ0n) is 5.95. The smallest absolute Gasteiger partial charge is 0.324 e. The van der Waals surface area contributed by atoms with Crippen molar-refractivity contribution in [2.75, 3.05) is 12.8 Å². The van der Waals surface area contributed by atoms with Crippen LogP contribution in [-0.4, -0.2) is 17.7 Å². The van der Waals surface area contributed by atoms with Gasteiger partial charge in [0.2, 0.25) is 0 Å². The predicted molar refractivity (Wildman–Crippen MR) is 39.1 cm³/mol. The molecule has 0 aromatic heterocycles. The van der Waals surface area contributed by atoms with E-state index >= 15 is 0 Å². The van der Waals surface area contributed by atoms with Crippen LogP contribution in [0.15, 0.2) is 0 Å². The molecule has 1 atom stereocenters. The summed E-state index contributed by atoms with van der Waals surface area (Å²) in [5, 5.41) is 0. The predicted octanol–water partition coefficient (Wildman–Crippen LogP) is 1.76. The topological polar surface area (TPSA) is 46.5 Å². The van der Waals surface area contributed by atoms with Gasteiger partial charge >= 0.3 is 7.60 Å². The van der Waals surface area contributed by atoms with E-state index in [0.717, 1.165) is 25.7 Å². The van der Waals surface area contributed by atoms with Crippen LogP contribution in [0.4, 0.5) is 0 Å². The Kier molecular flexibility index (Phi) is 2.90. The van der Waals surface area contributed by atoms with Crippen LogP contribution in [0.5, 0.6) is 0 Å². The molecule has 1 saturated heterocycles. The molecule has 1 aliphatic rings. The average molecular weight is 164 g/mol. The minimum Gasteiger partial charge on any atom is -0.324 e. The first-order valence-electron chi connectivity index (χ1n) is 3.67. The highest BCUT2D eigenvalue weighted by atomic mass is 31.2. The molecule has 1 aliphatic heterocycles. The lowest BCUT2D eigenvalue weighted by atomic mass is 10.2. The summed E-state index contributed by atoms with van der Waals surface area (Å²) < 4.78 is 15.7. The van der Waals surface area contributed by atoms with Crippen LogP contribution >= 0.6 is 7.60 Å². The molecule has 4 heteroatoms. The summed E-state index contributed by atoms with van der Waals surface area (Å²) in [4.78, 5) is 9.01. The molecule has 1 fully saturated rings. The maximum absolute atomic E-state index is 10.9. The van der Waals surface area contributed by atoms with Gasteiger partial charge in [0.15, 0.2) is 0 Å². The molecule has 0 spiro atoms. The zero-order chi connectivity index (χ0) is 7.45. The van der Waals surface area contributed by atoms with Crippen LogP contribution in [0.25, 0.3) is 0 Å². The standard InChI is InChI=1S/C6H13O3P/c7-10(8)6-4-2-1-3-5-9-10/h1-6H2,(H,7,8). The Morgan fingerprint density at radius 3 is 2.70 bits per heavy atom. The molecular formula is C6H13O3P. The Morgan fingerprint density at radius 2 is 1.90 bits per heavy atom. The van der Waals surface area contributed by atoms with E-state index in [1.807, 2.05) is 0 Å². The van der Waals surface area contributed by atoms with Crippen LogP contribution in [-0.2, 0) is 9.09 Å². The van der Waals surface area contributed by atoms with Crippen LogP contribution in [0.3, 0.4) is 0 Å². The van der Waals surface area contributed by atoms with E-state index in [1.165, 1.54) is 0 Å². The molecule has 0 radical (unpaired) electrons. The van der Waals surface area contributed by atoms with Crippen molar-refractivity contribution in [1.82, 2.24) is 0 Å². The van der Waals surface area contributed by atoms with E-state index in [-0.39, 0.29) is 0 Å². The van der Waals surface area contributed by atoms with E-state index in [2.05, 4.69) is 0 Å². The van der Waals surface area contributed by atoms with Crippen LogP contribution in [0, 0.1) is 0 Å². The highest BCUT2D eigenvalue weighted by Gasteiger charge is 2.19. The Balaban J connectivity index is 2.38. The summed E-state index contributed by atoms with van der Waals surface area (Å²) in [7, 11) is -3.16. The Bertz CT molecular complexity index is 134. The molecule has 1 unspecified atom stereocenters. The molecule has 60 valence electrons. The molecule has 3 nitrogen and oxygen atoms in total. The van der Waals surface area contributed by atoms with E-state index in [0.29, 0.717) is 12.8 Å². The molecule has 1 N–H and O–H groups in total. The minimum atomic E-state index is -3.16. The SMILES string of the molecule is O=P1(O)CCCCCCO1. The molecule has 0 bridgehead atoms. The number of hydrogen-bond donors (Lipinski definition) is 1. The van der Waals surface area contributed by atoms with Gasteiger partial charge in [0.05, 0.1) is 6.61 Å². The van der Waals surface area contributed by atoms with Crippen molar-refractivity contribution in [1.29, 1.82) is 0 Å². The first kappa shape index (κ1) is 8.25. The van der Waals surface area contributed by atoms with Crippen molar-refractivity contribution >= 4 is 7.60 Å². The van der Waals surface area contributed by atoms with Crippen molar-refractivity contribution < 1.29 is 14.0 Å². The van der Waals surface area contributed by atoms with Gasteiger partial charge in [0.25, 0.3) is 0 Å². The van der Waals surface area contributed by atoms with Crippen molar-refractivity contribution in [3.8, 4) is 0 Å². The summed E-state index contributed by atoms with van der Waals surface area (Å²) in [6, 6.07) is 0. The highest BCUT2D eigenvalue weighted by Crippen LogP contribution is 2.43. The quantitative estimate of drug-likeness (QED) is 0.555. The van der Waals surface area contributed by atoms with Crippen molar-refractivity contribution in [2.24, 2.45) is 0 Å². The molecular weight excluding hydrogens is 151 g/mol. The third kappa shape index (κ3) is 2.82. The lowest BCUT2D eigenvalue weighted by molar-refractivity contribution is 0.245. The summed E-state index contributed by atoms with van der Waals surface area (Å²) in [6.07, 6.45) is 4.28. The molecule has 0 aromatic rings. The maximum Gasteiger partial charge on any atom is 0.328 e. The zero-order valence-corrected chi connectivity index (χ0v) is 6.85. The third-order valence-corrected chi connectivity index (χ3v) is 3.10. The van der Waals surface area contributed by atoms with Crippen LogP contribution in [0.2, 0.25) is 0 Å². The Morgan fingerprint density at radius 1 is 1.20 bits per heavy atom. The van der Waals surface area contributed by atoms with E-state index in [1.54, 1.807) is 0 Å². The molecule has 0 saturated carbocycles. The molecule has 0 amide bonds. The Labute approximate surface area is 60.9 Å². The Hall–Kier alpha value is 0.150. The first-order valence-corrected chi connectivity index (χ1v) is 5.43. The highest BCUT2D eigenvalue weighted by molar-refractivity contribution is 7.52. The average Bonchev–Trinajstić information content (AvgIpc) is 1.81. The van der Waals surface area contributed by atoms with Gasteiger partial charge in [-0.3, -0.25) is 4.57 Å². The summed E-state index contributed by atoms with van der Waals surface area (Å²) in [5.41, 5.74) is 0. The van der Waals surface area contributed by atoms with E-state index in [9.17, 15) is 4.57 Å². The van der Waals surface area contributed by atoms with Gasteiger partial charge in [-0.25, -0.2) is 0 Å². The molecule has 0 aliphatic carbocycles. The van der Waals surface area contributed by atoms with Gasteiger partial charge in [-0.1, -0.05) is 12.8 Å². The third-order valence-electron chi connectivity index (χ3n) is 1.63. The van der Waals surface area contributed by atoms with E-state index in [4.69, 9.17) is 9.42 Å². The fourth-order valence-corrected chi connectivity index (χ4v) is 2.21. The lowest BCUT2D eigenvalue weighted by Crippen LogP contribution is -2.01. The second-order valence-corrected chi connectivity index (χ2v) is 4.59. The molecule has 10 heavy (non-hydrogen) atoms. The van der Waals surface area contributed by atoms with Gasteiger partial charge in [-0.2, -0.15) is 0 Å². The molecule has 0 aromatic carbocycles.